The summed E-state index contributed by atoms with van der Waals surface area (Å²) in [6.07, 6.45) is -0.0717. The van der Waals surface area contributed by atoms with E-state index in [9.17, 15) is 9.59 Å². The number of rotatable bonds is 3. The van der Waals surface area contributed by atoms with E-state index in [0.29, 0.717) is 0 Å². The van der Waals surface area contributed by atoms with Crippen LogP contribution in [0.25, 0.3) is 0 Å². The molecule has 1 amide bonds. The van der Waals surface area contributed by atoms with Crippen LogP contribution in [0, 0.1) is 0 Å². The first-order valence-electron chi connectivity index (χ1n) is 5.56. The Morgan fingerprint density at radius 1 is 1.61 bits per heavy atom. The molecule has 1 heterocycles. The Balaban J connectivity index is 2.38. The van der Waals surface area contributed by atoms with Crippen molar-refractivity contribution in [3.05, 3.63) is 22.7 Å². The lowest BCUT2D eigenvalue weighted by Crippen LogP contribution is -2.46. The summed E-state index contributed by atoms with van der Waals surface area (Å²) in [5.41, 5.74) is 1.56. The lowest BCUT2D eigenvalue weighted by molar-refractivity contribution is -0.137. The highest BCUT2D eigenvalue weighted by Gasteiger charge is 2.29. The molecule has 5 nitrogen and oxygen atoms in total. The van der Waals surface area contributed by atoms with Gasteiger partial charge in [-0.1, -0.05) is 15.9 Å². The number of carbonyl (C=O) groups is 2. The monoisotopic (exact) mass is 312 g/mol. The molecule has 0 bridgehead atoms. The van der Waals surface area contributed by atoms with E-state index < -0.39 is 5.97 Å². The van der Waals surface area contributed by atoms with Gasteiger partial charge in [-0.15, -0.1) is 0 Å². The van der Waals surface area contributed by atoms with Gasteiger partial charge in [0.1, 0.15) is 0 Å². The molecule has 1 aliphatic heterocycles. The minimum Gasteiger partial charge on any atom is -0.481 e. The molecule has 1 aliphatic rings. The Labute approximate surface area is 113 Å². The summed E-state index contributed by atoms with van der Waals surface area (Å²) in [5, 5.41) is 11.9. The molecule has 2 rings (SSSR count). The molecule has 0 saturated heterocycles. The lowest BCUT2D eigenvalue weighted by Gasteiger charge is -2.34. The van der Waals surface area contributed by atoms with Crippen molar-refractivity contribution >= 4 is 39.2 Å². The molecular weight excluding hydrogens is 300 g/mol. The van der Waals surface area contributed by atoms with E-state index in [0.717, 1.165) is 15.8 Å². The van der Waals surface area contributed by atoms with Gasteiger partial charge in [-0.2, -0.15) is 0 Å². The van der Waals surface area contributed by atoms with Crippen LogP contribution >= 0.6 is 15.9 Å². The molecule has 0 spiro atoms. The third-order valence-electron chi connectivity index (χ3n) is 2.83. The second kappa shape index (κ2) is 4.97. The van der Waals surface area contributed by atoms with E-state index >= 15 is 0 Å². The van der Waals surface area contributed by atoms with Gasteiger partial charge in [0.2, 0.25) is 5.91 Å². The van der Waals surface area contributed by atoms with Gasteiger partial charge in [-0.3, -0.25) is 9.59 Å². The standard InChI is InChI=1S/C12H13BrN2O3/c1-7(4-12(17)18)15-10-5-8(13)2-3-9(10)14-6-11(15)16/h2-3,5,7,14H,4,6H2,1H3,(H,17,18). The molecular formula is C12H13BrN2O3. The van der Waals surface area contributed by atoms with Gasteiger partial charge < -0.3 is 15.3 Å². The van der Waals surface area contributed by atoms with Gasteiger partial charge in [-0.05, 0) is 25.1 Å². The molecule has 1 atom stereocenters. The number of benzene rings is 1. The molecule has 0 saturated carbocycles. The van der Waals surface area contributed by atoms with Crippen molar-refractivity contribution in [3.8, 4) is 0 Å². The number of carboxylic acids is 1. The van der Waals surface area contributed by atoms with E-state index in [-0.39, 0.29) is 24.9 Å². The number of amides is 1. The first-order chi connectivity index (χ1) is 8.49. The number of nitrogens with zero attached hydrogens (tertiary/aromatic N) is 1. The predicted octanol–water partition coefficient (Wildman–Crippen LogP) is 2.07. The zero-order chi connectivity index (χ0) is 13.3. The summed E-state index contributed by atoms with van der Waals surface area (Å²) in [5.74, 6) is -1.03. The minimum atomic E-state index is -0.912. The Kier molecular flexibility index (Phi) is 3.56. The average molecular weight is 313 g/mol. The van der Waals surface area contributed by atoms with Crippen molar-refractivity contribution in [1.82, 2.24) is 0 Å². The second-order valence-corrected chi connectivity index (χ2v) is 5.14. The van der Waals surface area contributed by atoms with Gasteiger partial charge in [0.15, 0.2) is 0 Å². The third kappa shape index (κ3) is 2.48. The minimum absolute atomic E-state index is 0.0717. The molecule has 0 radical (unpaired) electrons. The summed E-state index contributed by atoms with van der Waals surface area (Å²) in [4.78, 5) is 24.3. The summed E-state index contributed by atoms with van der Waals surface area (Å²) in [6.45, 7) is 1.93. The summed E-state index contributed by atoms with van der Waals surface area (Å²) >= 11 is 3.36. The van der Waals surface area contributed by atoms with E-state index in [2.05, 4.69) is 21.2 Å². The molecule has 6 heteroatoms. The fourth-order valence-electron chi connectivity index (χ4n) is 2.07. The highest BCUT2D eigenvalue weighted by molar-refractivity contribution is 9.10. The van der Waals surface area contributed by atoms with Crippen LogP contribution in [0.4, 0.5) is 11.4 Å². The quantitative estimate of drug-likeness (QED) is 0.896. The normalized spacial score (nSPS) is 15.9. The maximum atomic E-state index is 11.9. The maximum absolute atomic E-state index is 11.9. The average Bonchev–Trinajstić information content (AvgIpc) is 2.27. The van der Waals surface area contributed by atoms with Crippen LogP contribution in [-0.2, 0) is 9.59 Å². The smallest absolute Gasteiger partial charge is 0.305 e. The number of aliphatic carboxylic acids is 1. The van der Waals surface area contributed by atoms with Crippen LogP contribution in [0.15, 0.2) is 22.7 Å². The molecule has 1 aromatic rings. The SMILES string of the molecule is CC(CC(=O)O)N1C(=O)CNc2ccc(Br)cc21. The highest BCUT2D eigenvalue weighted by Crippen LogP contribution is 2.34. The molecule has 0 aliphatic carbocycles. The van der Waals surface area contributed by atoms with Crippen LogP contribution in [0.2, 0.25) is 0 Å². The molecule has 18 heavy (non-hydrogen) atoms. The molecule has 2 N–H and O–H groups in total. The molecule has 0 aromatic heterocycles. The van der Waals surface area contributed by atoms with E-state index in [1.165, 1.54) is 0 Å². The van der Waals surface area contributed by atoms with Crippen molar-refractivity contribution in [2.24, 2.45) is 0 Å². The van der Waals surface area contributed by atoms with Crippen molar-refractivity contribution in [2.45, 2.75) is 19.4 Å². The van der Waals surface area contributed by atoms with Crippen molar-refractivity contribution in [2.75, 3.05) is 16.8 Å². The van der Waals surface area contributed by atoms with E-state index in [1.807, 2.05) is 18.2 Å². The van der Waals surface area contributed by atoms with Crippen LogP contribution in [-0.4, -0.2) is 29.6 Å². The number of nitrogens with one attached hydrogen (secondary N) is 1. The number of carbonyl (C=O) groups excluding carboxylic acids is 1. The van der Waals surface area contributed by atoms with Crippen molar-refractivity contribution in [1.29, 1.82) is 0 Å². The predicted molar refractivity (Wildman–Crippen MR) is 71.8 cm³/mol. The summed E-state index contributed by atoms with van der Waals surface area (Å²) < 4.78 is 0.852. The van der Waals surface area contributed by atoms with Gasteiger partial charge in [0, 0.05) is 10.5 Å². The van der Waals surface area contributed by atoms with Gasteiger partial charge in [0.05, 0.1) is 24.3 Å². The molecule has 96 valence electrons. The van der Waals surface area contributed by atoms with Crippen LogP contribution in [0.1, 0.15) is 13.3 Å². The second-order valence-electron chi connectivity index (χ2n) is 4.23. The highest BCUT2D eigenvalue weighted by atomic mass is 79.9. The molecule has 1 unspecified atom stereocenters. The lowest BCUT2D eigenvalue weighted by atomic mass is 10.1. The topological polar surface area (TPSA) is 69.6 Å². The Hall–Kier alpha value is -1.56. The Bertz CT molecular complexity index is 504. The fourth-order valence-corrected chi connectivity index (χ4v) is 2.42. The van der Waals surface area contributed by atoms with Gasteiger partial charge in [0.25, 0.3) is 0 Å². The first-order valence-corrected chi connectivity index (χ1v) is 6.35. The number of halogens is 1. The zero-order valence-corrected chi connectivity index (χ0v) is 11.4. The van der Waals surface area contributed by atoms with Crippen LogP contribution in [0.5, 0.6) is 0 Å². The molecule has 0 fully saturated rings. The Morgan fingerprint density at radius 2 is 2.33 bits per heavy atom. The van der Waals surface area contributed by atoms with E-state index in [4.69, 9.17) is 5.11 Å². The summed E-state index contributed by atoms with van der Waals surface area (Å²) in [7, 11) is 0. The third-order valence-corrected chi connectivity index (χ3v) is 3.32. The van der Waals surface area contributed by atoms with Crippen molar-refractivity contribution in [3.63, 3.8) is 0 Å². The number of hydrogen-bond donors (Lipinski definition) is 2. The maximum Gasteiger partial charge on any atom is 0.305 e. The van der Waals surface area contributed by atoms with Crippen LogP contribution < -0.4 is 10.2 Å². The molecule has 1 aromatic carbocycles. The van der Waals surface area contributed by atoms with Gasteiger partial charge >= 0.3 is 5.97 Å². The number of carboxylic acid groups (broad SMARTS) is 1. The van der Waals surface area contributed by atoms with Crippen molar-refractivity contribution < 1.29 is 14.7 Å². The summed E-state index contributed by atoms with van der Waals surface area (Å²) in [6, 6.07) is 5.19. The van der Waals surface area contributed by atoms with E-state index in [1.54, 1.807) is 11.8 Å². The number of fused-ring (bicyclic) bond motifs is 1. The fraction of sp³-hybridized carbons (Fsp3) is 0.333. The zero-order valence-electron chi connectivity index (χ0n) is 9.81. The van der Waals surface area contributed by atoms with Gasteiger partial charge in [-0.25, -0.2) is 0 Å². The van der Waals surface area contributed by atoms with Crippen LogP contribution in [0.3, 0.4) is 0 Å². The number of anilines is 2. The first kappa shape index (κ1) is 12.9. The largest absolute Gasteiger partial charge is 0.481 e. The Morgan fingerprint density at radius 3 is 3.00 bits per heavy atom. The number of hydrogen-bond acceptors (Lipinski definition) is 3.